The molecule has 1 aromatic carbocycles. The zero-order chi connectivity index (χ0) is 11.5. The second kappa shape index (κ2) is 4.61. The number of alkyl halides is 1. The number of fused-ring (bicyclic) bond motifs is 1. The third-order valence-corrected chi connectivity index (χ3v) is 2.53. The van der Waals surface area contributed by atoms with Gasteiger partial charge in [0.2, 0.25) is 0 Å². The lowest BCUT2D eigenvalue weighted by molar-refractivity contribution is 0.0989. The van der Waals surface area contributed by atoms with Gasteiger partial charge in [-0.05, 0) is 6.07 Å². The summed E-state index contributed by atoms with van der Waals surface area (Å²) in [7, 11) is 0. The first kappa shape index (κ1) is 11.1. The number of anilines is 1. The van der Waals surface area contributed by atoms with Gasteiger partial charge in [0, 0.05) is 29.6 Å². The SMILES string of the molecule is Nc1cc2c(cc1C(=O)CCCl)OCCO2. The van der Waals surface area contributed by atoms with Crippen LogP contribution < -0.4 is 15.2 Å². The summed E-state index contributed by atoms with van der Waals surface area (Å²) in [6, 6.07) is 3.24. The van der Waals surface area contributed by atoms with E-state index in [1.807, 2.05) is 0 Å². The number of halogens is 1. The van der Waals surface area contributed by atoms with Gasteiger partial charge in [-0.25, -0.2) is 0 Å². The number of hydrogen-bond acceptors (Lipinski definition) is 4. The molecule has 1 heterocycles. The van der Waals surface area contributed by atoms with Crippen molar-refractivity contribution in [3.05, 3.63) is 17.7 Å². The minimum Gasteiger partial charge on any atom is -0.486 e. The Hall–Kier alpha value is -1.42. The van der Waals surface area contributed by atoms with Crippen molar-refractivity contribution in [3.8, 4) is 11.5 Å². The van der Waals surface area contributed by atoms with Crippen molar-refractivity contribution >= 4 is 23.1 Å². The normalized spacial score (nSPS) is 13.6. The highest BCUT2D eigenvalue weighted by Gasteiger charge is 2.17. The molecule has 2 N–H and O–H groups in total. The molecule has 1 aliphatic rings. The van der Waals surface area contributed by atoms with Crippen molar-refractivity contribution < 1.29 is 14.3 Å². The van der Waals surface area contributed by atoms with E-state index in [-0.39, 0.29) is 18.1 Å². The molecule has 0 fully saturated rings. The van der Waals surface area contributed by atoms with Crippen molar-refractivity contribution in [2.45, 2.75) is 6.42 Å². The maximum absolute atomic E-state index is 11.7. The number of carbonyl (C=O) groups excluding carboxylic acids is 1. The molecule has 0 bridgehead atoms. The zero-order valence-electron chi connectivity index (χ0n) is 8.66. The van der Waals surface area contributed by atoms with E-state index in [0.717, 1.165) is 0 Å². The largest absolute Gasteiger partial charge is 0.486 e. The molecule has 0 saturated heterocycles. The number of nitrogens with two attached hydrogens (primary N) is 1. The second-order valence-electron chi connectivity index (χ2n) is 3.45. The number of nitrogen functional groups attached to an aromatic ring is 1. The molecule has 0 radical (unpaired) electrons. The van der Waals surface area contributed by atoms with E-state index in [1.165, 1.54) is 0 Å². The van der Waals surface area contributed by atoms with Crippen LogP contribution in [0.2, 0.25) is 0 Å². The number of ether oxygens (including phenoxy) is 2. The quantitative estimate of drug-likeness (QED) is 0.498. The molecule has 0 atom stereocenters. The van der Waals surface area contributed by atoms with Crippen LogP contribution in [0.1, 0.15) is 16.8 Å². The van der Waals surface area contributed by atoms with Crippen LogP contribution >= 0.6 is 11.6 Å². The van der Waals surface area contributed by atoms with E-state index >= 15 is 0 Å². The molecule has 16 heavy (non-hydrogen) atoms. The highest BCUT2D eigenvalue weighted by molar-refractivity contribution is 6.20. The Bertz CT molecular complexity index is 420. The molecule has 1 aliphatic heterocycles. The Morgan fingerprint density at radius 3 is 2.56 bits per heavy atom. The molecule has 4 nitrogen and oxygen atoms in total. The summed E-state index contributed by atoms with van der Waals surface area (Å²) in [5.74, 6) is 1.36. The fourth-order valence-electron chi connectivity index (χ4n) is 1.57. The van der Waals surface area contributed by atoms with E-state index in [2.05, 4.69) is 0 Å². The monoisotopic (exact) mass is 241 g/mol. The summed E-state index contributed by atoms with van der Waals surface area (Å²) in [4.78, 5) is 11.7. The molecule has 0 saturated carbocycles. The van der Waals surface area contributed by atoms with Crippen LogP contribution in [0.5, 0.6) is 11.5 Å². The summed E-state index contributed by atoms with van der Waals surface area (Å²) in [6.45, 7) is 0.988. The summed E-state index contributed by atoms with van der Waals surface area (Å²) in [5, 5.41) is 0. The Labute approximate surface area is 98.3 Å². The highest BCUT2D eigenvalue weighted by Crippen LogP contribution is 2.34. The minimum atomic E-state index is -0.0792. The van der Waals surface area contributed by atoms with Crippen LogP contribution in [0, 0.1) is 0 Å². The molecule has 0 aliphatic carbocycles. The predicted octanol–water partition coefficient (Wildman–Crippen LogP) is 1.85. The van der Waals surface area contributed by atoms with Gasteiger partial charge in [-0.15, -0.1) is 11.6 Å². The molecular formula is C11H12ClNO3. The Morgan fingerprint density at radius 2 is 1.94 bits per heavy atom. The fraction of sp³-hybridized carbons (Fsp3) is 0.364. The average Bonchev–Trinajstić information content (AvgIpc) is 2.28. The van der Waals surface area contributed by atoms with E-state index in [0.29, 0.717) is 36.0 Å². The maximum Gasteiger partial charge on any atom is 0.166 e. The predicted molar refractivity (Wildman–Crippen MR) is 61.5 cm³/mol. The molecule has 86 valence electrons. The molecule has 0 spiro atoms. The van der Waals surface area contributed by atoms with Gasteiger partial charge in [0.25, 0.3) is 0 Å². The van der Waals surface area contributed by atoms with E-state index in [9.17, 15) is 4.79 Å². The van der Waals surface area contributed by atoms with Gasteiger partial charge >= 0.3 is 0 Å². The number of rotatable bonds is 3. The Kier molecular flexibility index (Phi) is 3.19. The molecule has 0 amide bonds. The highest BCUT2D eigenvalue weighted by atomic mass is 35.5. The summed E-state index contributed by atoms with van der Waals surface area (Å²) in [6.07, 6.45) is 0.269. The van der Waals surface area contributed by atoms with Gasteiger partial charge in [0.05, 0.1) is 0 Å². The van der Waals surface area contributed by atoms with E-state index in [1.54, 1.807) is 12.1 Å². The standard InChI is InChI=1S/C11H12ClNO3/c12-2-1-9(14)7-5-10-11(6-8(7)13)16-4-3-15-10/h5-6H,1-4,13H2. The van der Waals surface area contributed by atoms with Crippen molar-refractivity contribution in [1.82, 2.24) is 0 Å². The van der Waals surface area contributed by atoms with Gasteiger partial charge in [-0.3, -0.25) is 4.79 Å². The third kappa shape index (κ3) is 2.07. The van der Waals surface area contributed by atoms with Crippen LogP contribution in [0.3, 0.4) is 0 Å². The van der Waals surface area contributed by atoms with Gasteiger partial charge in [0.15, 0.2) is 17.3 Å². The van der Waals surface area contributed by atoms with Crippen LogP contribution in [-0.4, -0.2) is 24.9 Å². The molecule has 1 aromatic rings. The van der Waals surface area contributed by atoms with Crippen LogP contribution in [0.25, 0.3) is 0 Å². The second-order valence-corrected chi connectivity index (χ2v) is 3.82. The van der Waals surface area contributed by atoms with Crippen molar-refractivity contribution in [1.29, 1.82) is 0 Å². The molecule has 5 heteroatoms. The lowest BCUT2D eigenvalue weighted by Gasteiger charge is -2.19. The minimum absolute atomic E-state index is 0.0792. The topological polar surface area (TPSA) is 61.6 Å². The smallest absolute Gasteiger partial charge is 0.166 e. The third-order valence-electron chi connectivity index (χ3n) is 2.34. The first-order valence-corrected chi connectivity index (χ1v) is 5.54. The first-order chi connectivity index (χ1) is 7.72. The van der Waals surface area contributed by atoms with Crippen molar-refractivity contribution in [3.63, 3.8) is 0 Å². The van der Waals surface area contributed by atoms with Gasteiger partial charge < -0.3 is 15.2 Å². The Morgan fingerprint density at radius 1 is 1.31 bits per heavy atom. The number of benzene rings is 1. The van der Waals surface area contributed by atoms with E-state index < -0.39 is 0 Å². The molecule has 0 aromatic heterocycles. The number of carbonyl (C=O) groups is 1. The number of Topliss-reactive ketones (excluding diaryl/α,β-unsaturated/α-hetero) is 1. The van der Waals surface area contributed by atoms with Gasteiger partial charge in [-0.2, -0.15) is 0 Å². The lowest BCUT2D eigenvalue weighted by atomic mass is 10.1. The molecular weight excluding hydrogens is 230 g/mol. The Balaban J connectivity index is 2.35. The first-order valence-electron chi connectivity index (χ1n) is 5.00. The summed E-state index contributed by atoms with van der Waals surface area (Å²) >= 11 is 5.52. The van der Waals surface area contributed by atoms with Crippen molar-refractivity contribution in [2.24, 2.45) is 0 Å². The van der Waals surface area contributed by atoms with Gasteiger partial charge in [-0.1, -0.05) is 0 Å². The van der Waals surface area contributed by atoms with E-state index in [4.69, 9.17) is 26.8 Å². The summed E-state index contributed by atoms with van der Waals surface area (Å²) in [5.41, 5.74) is 6.63. The van der Waals surface area contributed by atoms with Crippen molar-refractivity contribution in [2.75, 3.05) is 24.8 Å². The maximum atomic E-state index is 11.7. The molecule has 0 unspecified atom stereocenters. The number of ketones is 1. The molecule has 2 rings (SSSR count). The number of hydrogen-bond donors (Lipinski definition) is 1. The zero-order valence-corrected chi connectivity index (χ0v) is 9.42. The average molecular weight is 242 g/mol. The van der Waals surface area contributed by atoms with Gasteiger partial charge in [0.1, 0.15) is 13.2 Å². The lowest BCUT2D eigenvalue weighted by Crippen LogP contribution is -2.16. The van der Waals surface area contributed by atoms with Crippen LogP contribution in [0.4, 0.5) is 5.69 Å². The van der Waals surface area contributed by atoms with Crippen LogP contribution in [-0.2, 0) is 0 Å². The fourth-order valence-corrected chi connectivity index (χ4v) is 1.74. The van der Waals surface area contributed by atoms with Crippen LogP contribution in [0.15, 0.2) is 12.1 Å². The summed E-state index contributed by atoms with van der Waals surface area (Å²) < 4.78 is 10.7.